The van der Waals surface area contributed by atoms with Crippen LogP contribution in [-0.4, -0.2) is 24.9 Å². The fraction of sp³-hybridized carbons (Fsp3) is 0.462. The normalized spacial score (nSPS) is 24.4. The van der Waals surface area contributed by atoms with Crippen molar-refractivity contribution in [3.63, 3.8) is 0 Å². The van der Waals surface area contributed by atoms with E-state index in [-0.39, 0.29) is 5.97 Å². The van der Waals surface area contributed by atoms with Crippen LogP contribution in [0.5, 0.6) is 0 Å². The number of carbonyl (C=O) groups excluding carboxylic acids is 1. The molecule has 2 atom stereocenters. The molecule has 1 fully saturated rings. The molecule has 0 amide bonds. The van der Waals surface area contributed by atoms with Gasteiger partial charge in [0.2, 0.25) is 0 Å². The molecule has 1 saturated heterocycles. The Kier molecular flexibility index (Phi) is 4.07. The highest BCUT2D eigenvalue weighted by Crippen LogP contribution is 2.31. The Morgan fingerprint density at radius 3 is 2.71 bits per heavy atom. The average molecular weight is 251 g/mol. The Bertz CT molecular complexity index is 391. The van der Waals surface area contributed by atoms with Crippen LogP contribution >= 0.6 is 11.8 Å². The third-order valence-corrected chi connectivity index (χ3v) is 4.12. The van der Waals surface area contributed by atoms with Crippen LogP contribution in [0.1, 0.15) is 34.6 Å². The number of thioether (sulfide) groups is 1. The van der Waals surface area contributed by atoms with E-state index < -0.39 is 0 Å². The average Bonchev–Trinajstić information content (AvgIpc) is 2.38. The summed E-state index contributed by atoms with van der Waals surface area (Å²) in [6.07, 6.45) is 1.21. The van der Waals surface area contributed by atoms with Gasteiger partial charge < -0.3 is 4.74 Å². The van der Waals surface area contributed by atoms with Crippen molar-refractivity contribution < 1.29 is 9.53 Å². The summed E-state index contributed by atoms with van der Waals surface area (Å²) in [6, 6.07) is 8.19. The molecule has 1 aliphatic rings. The van der Waals surface area contributed by atoms with Crippen LogP contribution < -0.4 is 5.32 Å². The van der Waals surface area contributed by atoms with Gasteiger partial charge in [-0.3, -0.25) is 5.32 Å². The molecule has 0 radical (unpaired) electrons. The molecule has 1 heterocycles. The minimum atomic E-state index is -0.283. The molecule has 1 N–H and O–H groups in total. The van der Waals surface area contributed by atoms with Crippen LogP contribution in [-0.2, 0) is 4.74 Å². The van der Waals surface area contributed by atoms with Crippen LogP contribution in [0.2, 0.25) is 0 Å². The van der Waals surface area contributed by atoms with Crippen LogP contribution in [0, 0.1) is 0 Å². The molecule has 92 valence electrons. The van der Waals surface area contributed by atoms with Crippen LogP contribution in [0.25, 0.3) is 0 Å². The molecule has 17 heavy (non-hydrogen) atoms. The van der Waals surface area contributed by atoms with Gasteiger partial charge in [-0.15, -0.1) is 11.8 Å². The van der Waals surface area contributed by atoms with Crippen molar-refractivity contribution in [2.24, 2.45) is 0 Å². The largest absolute Gasteiger partial charge is 0.465 e. The molecule has 0 aliphatic carbocycles. The van der Waals surface area contributed by atoms with Gasteiger partial charge in [-0.05, 0) is 36.8 Å². The van der Waals surface area contributed by atoms with Crippen molar-refractivity contribution in [2.75, 3.05) is 12.9 Å². The van der Waals surface area contributed by atoms with Crippen molar-refractivity contribution in [1.82, 2.24) is 5.32 Å². The molecular formula is C13H17NO2S. The van der Waals surface area contributed by atoms with Crippen molar-refractivity contribution in [1.29, 1.82) is 0 Å². The maximum absolute atomic E-state index is 11.3. The molecule has 0 spiro atoms. The van der Waals surface area contributed by atoms with Crippen LogP contribution in [0.3, 0.4) is 0 Å². The number of nitrogens with one attached hydrogen (secondary N) is 1. The lowest BCUT2D eigenvalue weighted by molar-refractivity contribution is 0.0600. The van der Waals surface area contributed by atoms with Crippen molar-refractivity contribution in [3.05, 3.63) is 35.4 Å². The van der Waals surface area contributed by atoms with Gasteiger partial charge in [-0.25, -0.2) is 4.79 Å². The third kappa shape index (κ3) is 3.01. The van der Waals surface area contributed by atoms with E-state index >= 15 is 0 Å². The molecular weight excluding hydrogens is 234 g/mol. The number of benzene rings is 1. The van der Waals surface area contributed by atoms with Crippen molar-refractivity contribution in [2.45, 2.75) is 24.8 Å². The molecule has 1 aliphatic heterocycles. The molecule has 2 unspecified atom stereocenters. The number of hydrogen-bond donors (Lipinski definition) is 1. The van der Waals surface area contributed by atoms with Gasteiger partial charge in [0.05, 0.1) is 18.0 Å². The van der Waals surface area contributed by atoms with E-state index in [1.165, 1.54) is 24.8 Å². The van der Waals surface area contributed by atoms with Gasteiger partial charge in [0, 0.05) is 6.04 Å². The fourth-order valence-corrected chi connectivity index (χ4v) is 3.26. The summed E-state index contributed by atoms with van der Waals surface area (Å²) in [5.74, 6) is 0.895. The topological polar surface area (TPSA) is 38.3 Å². The number of ether oxygens (including phenoxy) is 1. The first-order valence-electron chi connectivity index (χ1n) is 5.76. The third-order valence-electron chi connectivity index (χ3n) is 2.91. The van der Waals surface area contributed by atoms with Gasteiger partial charge in [0.25, 0.3) is 0 Å². The van der Waals surface area contributed by atoms with E-state index in [0.29, 0.717) is 17.0 Å². The van der Waals surface area contributed by atoms with E-state index in [1.54, 1.807) is 0 Å². The number of carbonyl (C=O) groups is 1. The summed E-state index contributed by atoms with van der Waals surface area (Å²) in [4.78, 5) is 11.3. The van der Waals surface area contributed by atoms with E-state index in [4.69, 9.17) is 0 Å². The van der Waals surface area contributed by atoms with Crippen LogP contribution in [0.15, 0.2) is 24.3 Å². The number of hydrogen-bond acceptors (Lipinski definition) is 4. The predicted molar refractivity (Wildman–Crippen MR) is 70.2 cm³/mol. The molecule has 3 nitrogen and oxygen atoms in total. The highest BCUT2D eigenvalue weighted by molar-refractivity contribution is 7.99. The minimum absolute atomic E-state index is 0.283. The molecule has 2 rings (SSSR count). The molecule has 1 aromatic rings. The number of esters is 1. The summed E-state index contributed by atoms with van der Waals surface area (Å²) in [5, 5.41) is 3.88. The molecule has 0 aromatic heterocycles. The Morgan fingerprint density at radius 1 is 1.41 bits per heavy atom. The van der Waals surface area contributed by atoms with Crippen molar-refractivity contribution in [3.8, 4) is 0 Å². The Balaban J connectivity index is 2.09. The highest BCUT2D eigenvalue weighted by atomic mass is 32.2. The standard InChI is InChI=1S/C13H17NO2S/c1-9-7-8-17-12(14-9)10-3-5-11(6-4-10)13(15)16-2/h3-6,9,12,14H,7-8H2,1-2H3. The Labute approximate surface area is 106 Å². The van der Waals surface area contributed by atoms with Gasteiger partial charge in [0.15, 0.2) is 0 Å². The zero-order valence-electron chi connectivity index (χ0n) is 10.1. The van der Waals surface area contributed by atoms with Gasteiger partial charge in [-0.2, -0.15) is 0 Å². The zero-order valence-corrected chi connectivity index (χ0v) is 10.9. The Morgan fingerprint density at radius 2 is 2.12 bits per heavy atom. The number of methoxy groups -OCH3 is 1. The quantitative estimate of drug-likeness (QED) is 0.820. The molecule has 0 saturated carbocycles. The van der Waals surface area contributed by atoms with E-state index in [2.05, 4.69) is 17.0 Å². The molecule has 4 heteroatoms. The summed E-state index contributed by atoms with van der Waals surface area (Å²) in [6.45, 7) is 2.20. The van der Waals surface area contributed by atoms with E-state index in [0.717, 1.165) is 0 Å². The second-order valence-corrected chi connectivity index (χ2v) is 5.43. The Hall–Kier alpha value is -1.00. The lowest BCUT2D eigenvalue weighted by atomic mass is 10.1. The second-order valence-electron chi connectivity index (χ2n) is 4.22. The fourth-order valence-electron chi connectivity index (χ4n) is 1.86. The van der Waals surface area contributed by atoms with Crippen molar-refractivity contribution >= 4 is 17.7 Å². The highest BCUT2D eigenvalue weighted by Gasteiger charge is 2.19. The smallest absolute Gasteiger partial charge is 0.337 e. The predicted octanol–water partition coefficient (Wildman–Crippen LogP) is 2.59. The van der Waals surface area contributed by atoms with Gasteiger partial charge >= 0.3 is 5.97 Å². The SMILES string of the molecule is COC(=O)c1ccc(C2NC(C)CCS2)cc1. The lowest BCUT2D eigenvalue weighted by Gasteiger charge is -2.28. The monoisotopic (exact) mass is 251 g/mol. The summed E-state index contributed by atoms with van der Waals surface area (Å²) in [7, 11) is 1.40. The first kappa shape index (κ1) is 12.5. The van der Waals surface area contributed by atoms with Crippen LogP contribution in [0.4, 0.5) is 0 Å². The number of rotatable bonds is 2. The van der Waals surface area contributed by atoms with E-state index in [9.17, 15) is 4.79 Å². The maximum atomic E-state index is 11.3. The second kappa shape index (κ2) is 5.56. The van der Waals surface area contributed by atoms with Gasteiger partial charge in [-0.1, -0.05) is 12.1 Å². The summed E-state index contributed by atoms with van der Waals surface area (Å²) < 4.78 is 4.68. The minimum Gasteiger partial charge on any atom is -0.465 e. The first-order valence-corrected chi connectivity index (χ1v) is 6.81. The molecule has 0 bridgehead atoms. The van der Waals surface area contributed by atoms with Gasteiger partial charge in [0.1, 0.15) is 0 Å². The lowest BCUT2D eigenvalue weighted by Crippen LogP contribution is -2.33. The maximum Gasteiger partial charge on any atom is 0.337 e. The van der Waals surface area contributed by atoms with E-state index in [1.807, 2.05) is 36.0 Å². The zero-order chi connectivity index (χ0) is 12.3. The molecule has 1 aromatic carbocycles. The summed E-state index contributed by atoms with van der Waals surface area (Å²) >= 11 is 1.91. The summed E-state index contributed by atoms with van der Waals surface area (Å²) in [5.41, 5.74) is 1.82. The first-order chi connectivity index (χ1) is 8.20.